The van der Waals surface area contributed by atoms with E-state index in [-0.39, 0.29) is 0 Å². The monoisotopic (exact) mass is 241 g/mol. The van der Waals surface area contributed by atoms with Crippen molar-refractivity contribution >= 4 is 23.1 Å². The fourth-order valence-electron chi connectivity index (χ4n) is 1.56. The summed E-state index contributed by atoms with van der Waals surface area (Å²) in [4.78, 5) is 6.47. The van der Waals surface area contributed by atoms with Gasteiger partial charge >= 0.3 is 0 Å². The molecule has 1 aromatic rings. The third kappa shape index (κ3) is 3.27. The highest BCUT2D eigenvalue weighted by Gasteiger charge is 2.12. The molecule has 4 heteroatoms. The van der Waals surface area contributed by atoms with E-state index in [2.05, 4.69) is 30.7 Å². The lowest BCUT2D eigenvalue weighted by atomic mass is 10.1. The van der Waals surface area contributed by atoms with Crippen LogP contribution in [0.25, 0.3) is 0 Å². The van der Waals surface area contributed by atoms with Crippen molar-refractivity contribution in [3.63, 3.8) is 0 Å². The first kappa shape index (κ1) is 13.1. The number of aromatic nitrogens is 1. The van der Waals surface area contributed by atoms with Gasteiger partial charge in [-0.1, -0.05) is 31.9 Å². The molecule has 0 amide bonds. The molecular weight excluding hydrogens is 222 g/mol. The third-order valence-electron chi connectivity index (χ3n) is 2.78. The Balaban J connectivity index is 2.89. The molecule has 0 aliphatic carbocycles. The molecule has 90 valence electrons. The topological polar surface area (TPSA) is 42.2 Å². The molecule has 16 heavy (non-hydrogen) atoms. The van der Waals surface area contributed by atoms with E-state index in [1.807, 2.05) is 6.07 Å². The zero-order chi connectivity index (χ0) is 12.1. The molecule has 0 fully saturated rings. The lowest BCUT2D eigenvalue weighted by Crippen LogP contribution is -2.29. The summed E-state index contributed by atoms with van der Waals surface area (Å²) in [5.74, 6) is 1.43. The highest BCUT2D eigenvalue weighted by molar-refractivity contribution is 6.29. The Kier molecular flexibility index (Phi) is 4.87. The minimum absolute atomic E-state index is 0.492. The van der Waals surface area contributed by atoms with Gasteiger partial charge in [0.15, 0.2) is 5.82 Å². The Hall–Kier alpha value is -0.960. The summed E-state index contributed by atoms with van der Waals surface area (Å²) < 4.78 is 0. The predicted molar refractivity (Wildman–Crippen MR) is 71.0 cm³/mol. The van der Waals surface area contributed by atoms with Crippen molar-refractivity contribution in [3.8, 4) is 0 Å². The Morgan fingerprint density at radius 1 is 1.44 bits per heavy atom. The summed E-state index contributed by atoms with van der Waals surface area (Å²) in [6.07, 6.45) is 1.15. The molecule has 3 nitrogen and oxygen atoms in total. The van der Waals surface area contributed by atoms with Crippen LogP contribution in [-0.2, 0) is 0 Å². The van der Waals surface area contributed by atoms with E-state index in [0.29, 0.717) is 16.8 Å². The highest BCUT2D eigenvalue weighted by atomic mass is 35.5. The molecular formula is C12H20ClN3. The van der Waals surface area contributed by atoms with Crippen molar-refractivity contribution in [2.24, 2.45) is 5.92 Å². The van der Waals surface area contributed by atoms with Crippen LogP contribution in [0.15, 0.2) is 12.1 Å². The standard InChI is InChI=1S/C12H20ClN3/c1-4-9(3)8-16(5-2)12-10(14)6-7-11(13)15-12/h6-7,9H,4-5,8,14H2,1-3H3. The maximum Gasteiger partial charge on any atom is 0.153 e. The molecule has 0 aliphatic rings. The van der Waals surface area contributed by atoms with Gasteiger partial charge in [0.25, 0.3) is 0 Å². The van der Waals surface area contributed by atoms with Crippen LogP contribution in [0.5, 0.6) is 0 Å². The van der Waals surface area contributed by atoms with Gasteiger partial charge in [-0.25, -0.2) is 4.98 Å². The maximum atomic E-state index is 5.92. The Morgan fingerprint density at radius 3 is 2.69 bits per heavy atom. The summed E-state index contributed by atoms with van der Waals surface area (Å²) in [5.41, 5.74) is 6.61. The van der Waals surface area contributed by atoms with Crippen LogP contribution in [0.2, 0.25) is 5.15 Å². The molecule has 1 rings (SSSR count). The van der Waals surface area contributed by atoms with Crippen LogP contribution < -0.4 is 10.6 Å². The molecule has 1 atom stereocenters. The van der Waals surface area contributed by atoms with Gasteiger partial charge in [0.05, 0.1) is 5.69 Å². The number of nitrogens with zero attached hydrogens (tertiary/aromatic N) is 2. The van der Waals surface area contributed by atoms with Crippen molar-refractivity contribution in [2.45, 2.75) is 27.2 Å². The first-order valence-corrected chi connectivity index (χ1v) is 6.13. The summed E-state index contributed by atoms with van der Waals surface area (Å²) in [5, 5.41) is 0.492. The number of pyridine rings is 1. The molecule has 2 N–H and O–H groups in total. The molecule has 0 radical (unpaired) electrons. The average Bonchev–Trinajstić information content (AvgIpc) is 2.29. The summed E-state index contributed by atoms with van der Waals surface area (Å²) in [7, 11) is 0. The van der Waals surface area contributed by atoms with Crippen molar-refractivity contribution in [1.29, 1.82) is 0 Å². The van der Waals surface area contributed by atoms with Crippen molar-refractivity contribution < 1.29 is 0 Å². The van der Waals surface area contributed by atoms with Crippen LogP contribution in [0.4, 0.5) is 11.5 Å². The van der Waals surface area contributed by atoms with Gasteiger partial charge in [-0.05, 0) is 25.0 Å². The van der Waals surface area contributed by atoms with E-state index in [0.717, 1.165) is 25.3 Å². The van der Waals surface area contributed by atoms with E-state index in [9.17, 15) is 0 Å². The van der Waals surface area contributed by atoms with Gasteiger partial charge < -0.3 is 10.6 Å². The van der Waals surface area contributed by atoms with Crippen molar-refractivity contribution in [3.05, 3.63) is 17.3 Å². The summed E-state index contributed by atoms with van der Waals surface area (Å²) in [6.45, 7) is 8.37. The molecule has 0 aromatic carbocycles. The van der Waals surface area contributed by atoms with Crippen LogP contribution in [-0.4, -0.2) is 18.1 Å². The molecule has 1 heterocycles. The molecule has 1 unspecified atom stereocenters. The van der Waals surface area contributed by atoms with E-state index >= 15 is 0 Å². The number of nitrogen functional groups attached to an aromatic ring is 1. The van der Waals surface area contributed by atoms with E-state index < -0.39 is 0 Å². The van der Waals surface area contributed by atoms with Gasteiger partial charge in [0, 0.05) is 13.1 Å². The van der Waals surface area contributed by atoms with Crippen LogP contribution in [0.3, 0.4) is 0 Å². The van der Waals surface area contributed by atoms with Crippen molar-refractivity contribution in [2.75, 3.05) is 23.7 Å². The third-order valence-corrected chi connectivity index (χ3v) is 2.99. The number of anilines is 2. The van der Waals surface area contributed by atoms with Gasteiger partial charge in [0.1, 0.15) is 5.15 Å². The molecule has 0 spiro atoms. The Bertz CT molecular complexity index is 341. The quantitative estimate of drug-likeness (QED) is 0.805. The predicted octanol–water partition coefficient (Wildman–Crippen LogP) is 3.19. The Labute approximate surface area is 103 Å². The number of rotatable bonds is 5. The zero-order valence-corrected chi connectivity index (χ0v) is 11.0. The molecule has 1 aromatic heterocycles. The smallest absolute Gasteiger partial charge is 0.153 e. The normalized spacial score (nSPS) is 12.5. The fourth-order valence-corrected chi connectivity index (χ4v) is 1.70. The lowest BCUT2D eigenvalue weighted by molar-refractivity contribution is 0.546. The first-order chi connectivity index (χ1) is 7.58. The van der Waals surface area contributed by atoms with Gasteiger partial charge in [-0.15, -0.1) is 0 Å². The SMILES string of the molecule is CCC(C)CN(CC)c1nc(Cl)ccc1N. The minimum Gasteiger partial charge on any atom is -0.396 e. The largest absolute Gasteiger partial charge is 0.396 e. The second kappa shape index (κ2) is 5.94. The van der Waals surface area contributed by atoms with Gasteiger partial charge in [-0.3, -0.25) is 0 Å². The van der Waals surface area contributed by atoms with E-state index in [4.69, 9.17) is 17.3 Å². The second-order valence-corrected chi connectivity index (χ2v) is 4.49. The molecule has 0 aliphatic heterocycles. The van der Waals surface area contributed by atoms with Gasteiger partial charge in [0.2, 0.25) is 0 Å². The molecule has 0 saturated carbocycles. The van der Waals surface area contributed by atoms with E-state index in [1.165, 1.54) is 0 Å². The zero-order valence-electron chi connectivity index (χ0n) is 10.2. The highest BCUT2D eigenvalue weighted by Crippen LogP contribution is 2.23. The minimum atomic E-state index is 0.492. The Morgan fingerprint density at radius 2 is 2.12 bits per heavy atom. The van der Waals surface area contributed by atoms with Crippen LogP contribution in [0.1, 0.15) is 27.2 Å². The number of halogens is 1. The number of hydrogen-bond acceptors (Lipinski definition) is 3. The number of hydrogen-bond donors (Lipinski definition) is 1. The molecule has 0 bridgehead atoms. The van der Waals surface area contributed by atoms with Crippen LogP contribution >= 0.6 is 11.6 Å². The summed E-state index contributed by atoms with van der Waals surface area (Å²) >= 11 is 5.89. The molecule has 0 saturated heterocycles. The maximum absolute atomic E-state index is 5.92. The number of nitrogens with two attached hydrogens (primary N) is 1. The second-order valence-electron chi connectivity index (χ2n) is 4.10. The summed E-state index contributed by atoms with van der Waals surface area (Å²) in [6, 6.07) is 3.53. The fraction of sp³-hybridized carbons (Fsp3) is 0.583. The van der Waals surface area contributed by atoms with Crippen molar-refractivity contribution in [1.82, 2.24) is 4.98 Å². The van der Waals surface area contributed by atoms with Crippen LogP contribution in [0, 0.1) is 5.92 Å². The first-order valence-electron chi connectivity index (χ1n) is 5.75. The average molecular weight is 242 g/mol. The van der Waals surface area contributed by atoms with E-state index in [1.54, 1.807) is 6.07 Å². The van der Waals surface area contributed by atoms with Gasteiger partial charge in [-0.2, -0.15) is 0 Å². The lowest BCUT2D eigenvalue weighted by Gasteiger charge is -2.26.